The van der Waals surface area contributed by atoms with E-state index in [1.807, 2.05) is 0 Å². The Morgan fingerprint density at radius 1 is 1.40 bits per heavy atom. The molecular weight excluding hydrogens is 217 g/mol. The molecule has 0 bridgehead atoms. The topological polar surface area (TPSA) is 46.2 Å². The summed E-state index contributed by atoms with van der Waals surface area (Å²) in [5.74, 6) is -0.522. The summed E-state index contributed by atoms with van der Waals surface area (Å²) in [5.41, 5.74) is 0.0943. The first kappa shape index (κ1) is 10.4. The zero-order valence-electron chi connectivity index (χ0n) is 8.54. The zero-order chi connectivity index (χ0) is 11.3. The minimum absolute atomic E-state index is 0.0544. The van der Waals surface area contributed by atoms with Crippen molar-refractivity contribution >= 4 is 15.5 Å². The van der Waals surface area contributed by atoms with Crippen molar-refractivity contribution in [2.24, 2.45) is 0 Å². The van der Waals surface area contributed by atoms with Crippen LogP contribution in [0.1, 0.15) is 13.8 Å². The van der Waals surface area contributed by atoms with Crippen LogP contribution in [-0.2, 0) is 9.84 Å². The Bertz CT molecular complexity index is 508. The third kappa shape index (κ3) is 1.33. The van der Waals surface area contributed by atoms with Crippen molar-refractivity contribution in [2.75, 3.05) is 11.9 Å². The Kier molecular flexibility index (Phi) is 2.05. The molecule has 1 heterocycles. The van der Waals surface area contributed by atoms with E-state index < -0.39 is 20.4 Å². The second kappa shape index (κ2) is 2.95. The molecule has 1 N–H and O–H groups in total. The van der Waals surface area contributed by atoms with Gasteiger partial charge in [-0.3, -0.25) is 0 Å². The summed E-state index contributed by atoms with van der Waals surface area (Å²) < 4.78 is 36.6. The summed E-state index contributed by atoms with van der Waals surface area (Å²) in [6.07, 6.45) is 0. The normalized spacial score (nSPS) is 21.5. The van der Waals surface area contributed by atoms with Crippen LogP contribution in [-0.4, -0.2) is 19.7 Å². The van der Waals surface area contributed by atoms with Gasteiger partial charge < -0.3 is 5.32 Å². The molecule has 0 aromatic heterocycles. The Labute approximate surface area is 88.2 Å². The van der Waals surface area contributed by atoms with Crippen molar-refractivity contribution in [2.45, 2.75) is 23.5 Å². The van der Waals surface area contributed by atoms with Crippen LogP contribution in [0.2, 0.25) is 0 Å². The monoisotopic (exact) mass is 229 g/mol. The summed E-state index contributed by atoms with van der Waals surface area (Å²) in [6, 6.07) is 4.09. The highest BCUT2D eigenvalue weighted by Gasteiger charge is 2.41. The first-order chi connectivity index (χ1) is 6.86. The van der Waals surface area contributed by atoms with Gasteiger partial charge in [0.05, 0.1) is 15.3 Å². The Morgan fingerprint density at radius 3 is 2.73 bits per heavy atom. The van der Waals surface area contributed by atoms with Crippen molar-refractivity contribution < 1.29 is 12.8 Å². The van der Waals surface area contributed by atoms with Crippen LogP contribution in [0.15, 0.2) is 23.1 Å². The van der Waals surface area contributed by atoms with Gasteiger partial charge >= 0.3 is 0 Å². The van der Waals surface area contributed by atoms with E-state index in [1.165, 1.54) is 18.2 Å². The number of rotatable bonds is 0. The summed E-state index contributed by atoms with van der Waals surface area (Å²) in [4.78, 5) is 0.0544. The van der Waals surface area contributed by atoms with Crippen molar-refractivity contribution in [1.82, 2.24) is 0 Å². The van der Waals surface area contributed by atoms with E-state index in [0.717, 1.165) is 0 Å². The summed E-state index contributed by atoms with van der Waals surface area (Å²) in [5, 5.41) is 2.82. The number of hydrogen-bond donors (Lipinski definition) is 1. The lowest BCUT2D eigenvalue weighted by atomic mass is 10.2. The fourth-order valence-corrected chi connectivity index (χ4v) is 3.15. The fraction of sp³-hybridized carbons (Fsp3) is 0.400. The molecule has 3 nitrogen and oxygen atoms in total. The lowest BCUT2D eigenvalue weighted by Crippen LogP contribution is -2.43. The van der Waals surface area contributed by atoms with Gasteiger partial charge in [-0.2, -0.15) is 0 Å². The van der Waals surface area contributed by atoms with E-state index in [4.69, 9.17) is 0 Å². The number of nitrogens with one attached hydrogen (secondary N) is 1. The van der Waals surface area contributed by atoms with Crippen molar-refractivity contribution in [3.63, 3.8) is 0 Å². The highest BCUT2D eigenvalue weighted by Crippen LogP contribution is 2.36. The molecule has 0 unspecified atom stereocenters. The molecular formula is C10H12FNO2S. The number of halogens is 1. The van der Waals surface area contributed by atoms with Crippen molar-refractivity contribution in [3.05, 3.63) is 24.0 Å². The molecule has 1 aliphatic rings. The molecule has 0 radical (unpaired) electrons. The van der Waals surface area contributed by atoms with Crippen LogP contribution >= 0.6 is 0 Å². The highest BCUT2D eigenvalue weighted by atomic mass is 32.2. The summed E-state index contributed by atoms with van der Waals surface area (Å²) in [7, 11) is -3.45. The number of anilines is 1. The number of sulfone groups is 1. The number of hydrogen-bond acceptors (Lipinski definition) is 3. The van der Waals surface area contributed by atoms with E-state index in [0.29, 0.717) is 0 Å². The third-order valence-electron chi connectivity index (χ3n) is 2.68. The second-order valence-electron chi connectivity index (χ2n) is 4.23. The molecule has 15 heavy (non-hydrogen) atoms. The van der Waals surface area contributed by atoms with Crippen LogP contribution < -0.4 is 5.32 Å². The van der Waals surface area contributed by atoms with Crippen molar-refractivity contribution in [1.29, 1.82) is 0 Å². The molecule has 0 spiro atoms. The largest absolute Gasteiger partial charge is 0.380 e. The lowest BCUT2D eigenvalue weighted by molar-refractivity contribution is 0.542. The number of fused-ring (bicyclic) bond motifs is 1. The molecule has 0 atom stereocenters. The summed E-state index contributed by atoms with van der Waals surface area (Å²) >= 11 is 0. The number of para-hydroxylation sites is 1. The second-order valence-corrected chi connectivity index (χ2v) is 6.78. The molecule has 5 heteroatoms. The van der Waals surface area contributed by atoms with E-state index in [-0.39, 0.29) is 17.1 Å². The van der Waals surface area contributed by atoms with E-state index >= 15 is 0 Å². The molecule has 1 aromatic carbocycles. The molecule has 1 aliphatic heterocycles. The minimum Gasteiger partial charge on any atom is -0.380 e. The third-order valence-corrected chi connectivity index (χ3v) is 5.20. The first-order valence-electron chi connectivity index (χ1n) is 4.63. The minimum atomic E-state index is -3.45. The maximum Gasteiger partial charge on any atom is 0.187 e. The predicted molar refractivity (Wildman–Crippen MR) is 56.2 cm³/mol. The van der Waals surface area contributed by atoms with Gasteiger partial charge in [-0.1, -0.05) is 6.07 Å². The van der Waals surface area contributed by atoms with Gasteiger partial charge in [-0.25, -0.2) is 12.8 Å². The van der Waals surface area contributed by atoms with Gasteiger partial charge in [0.25, 0.3) is 0 Å². The highest BCUT2D eigenvalue weighted by molar-refractivity contribution is 7.93. The van der Waals surface area contributed by atoms with Gasteiger partial charge in [-0.15, -0.1) is 0 Å². The van der Waals surface area contributed by atoms with E-state index in [1.54, 1.807) is 13.8 Å². The molecule has 0 saturated heterocycles. The van der Waals surface area contributed by atoms with Crippen LogP contribution in [0.4, 0.5) is 10.1 Å². The molecule has 82 valence electrons. The molecule has 0 fully saturated rings. The molecule has 0 amide bonds. The van der Waals surface area contributed by atoms with Crippen molar-refractivity contribution in [3.8, 4) is 0 Å². The Morgan fingerprint density at radius 2 is 2.07 bits per heavy atom. The van der Waals surface area contributed by atoms with Crippen LogP contribution in [0, 0.1) is 5.82 Å². The number of benzene rings is 1. The average molecular weight is 229 g/mol. The lowest BCUT2D eigenvalue weighted by Gasteiger charge is -2.32. The molecule has 1 aromatic rings. The van der Waals surface area contributed by atoms with Gasteiger partial charge in [0.15, 0.2) is 9.84 Å². The first-order valence-corrected chi connectivity index (χ1v) is 6.11. The maximum atomic E-state index is 13.3. The van der Waals surface area contributed by atoms with Crippen LogP contribution in [0.3, 0.4) is 0 Å². The Balaban J connectivity index is 2.75. The van der Waals surface area contributed by atoms with Crippen LogP contribution in [0.25, 0.3) is 0 Å². The molecule has 0 aliphatic carbocycles. The van der Waals surface area contributed by atoms with Gasteiger partial charge in [-0.05, 0) is 26.0 Å². The quantitative estimate of drug-likeness (QED) is 0.738. The maximum absolute atomic E-state index is 13.3. The zero-order valence-corrected chi connectivity index (χ0v) is 9.36. The average Bonchev–Trinajstić information content (AvgIpc) is 2.13. The fourth-order valence-electron chi connectivity index (χ4n) is 1.59. The van der Waals surface area contributed by atoms with Gasteiger partial charge in [0.1, 0.15) is 5.82 Å². The van der Waals surface area contributed by atoms with Crippen LogP contribution in [0.5, 0.6) is 0 Å². The SMILES string of the molecule is CC1(C)CNc2c(F)cccc2S1(=O)=O. The Hall–Kier alpha value is -1.10. The van der Waals surface area contributed by atoms with Gasteiger partial charge in [0, 0.05) is 6.54 Å². The van der Waals surface area contributed by atoms with E-state index in [2.05, 4.69) is 5.32 Å². The molecule has 0 saturated carbocycles. The predicted octanol–water partition coefficient (Wildman–Crippen LogP) is 1.80. The standard InChI is InChI=1S/C10H12FNO2S/c1-10(2)6-12-9-7(11)4-3-5-8(9)15(10,13)14/h3-5,12H,6H2,1-2H3. The van der Waals surface area contributed by atoms with E-state index in [9.17, 15) is 12.8 Å². The molecule has 2 rings (SSSR count). The smallest absolute Gasteiger partial charge is 0.187 e. The summed E-state index contributed by atoms with van der Waals surface area (Å²) in [6.45, 7) is 3.48. The van der Waals surface area contributed by atoms with Gasteiger partial charge in [0.2, 0.25) is 0 Å².